The summed E-state index contributed by atoms with van der Waals surface area (Å²) in [6, 6.07) is 9.64. The van der Waals surface area contributed by atoms with Crippen LogP contribution in [-0.2, 0) is 47.4 Å². The Balaban J connectivity index is 0.000000175. The summed E-state index contributed by atoms with van der Waals surface area (Å²) < 4.78 is 3.18. The molecule has 0 amide bonds. The number of carbonyl (C=O) groups is 2. The molecule has 4 aliphatic carbocycles. The molecule has 0 spiro atoms. The molecule has 0 fully saturated rings. The number of nitrogens with zero attached hydrogens (tertiary/aromatic N) is 6. The Hall–Kier alpha value is -5.22. The Labute approximate surface area is 292 Å². The second-order valence-electron chi connectivity index (χ2n) is 15.1. The zero-order chi connectivity index (χ0) is 36.5. The van der Waals surface area contributed by atoms with Crippen LogP contribution in [0.5, 0.6) is 0 Å². The van der Waals surface area contributed by atoms with Crippen LogP contribution in [0, 0.1) is 43.2 Å². The minimum Gasteiger partial charge on any atom is -0.308 e. The molecule has 10 heteroatoms. The molecule has 0 radical (unpaired) electrons. The van der Waals surface area contributed by atoms with Crippen LogP contribution in [0.15, 0.2) is 63.5 Å². The molecule has 50 heavy (non-hydrogen) atoms. The summed E-state index contributed by atoms with van der Waals surface area (Å²) in [5, 5.41) is 0. The number of aryl methyl sites for hydroxylation is 1. The summed E-state index contributed by atoms with van der Waals surface area (Å²) in [6.07, 6.45) is 6.26. The first-order valence-electron chi connectivity index (χ1n) is 17.0. The second kappa shape index (κ2) is 12.0. The van der Waals surface area contributed by atoms with Crippen LogP contribution >= 0.6 is 0 Å². The molecule has 1 aromatic carbocycles. The monoisotopic (exact) mass is 670 g/mol. The van der Waals surface area contributed by atoms with Crippen molar-refractivity contribution in [3.05, 3.63) is 126 Å². The molecular weight excluding hydrogens is 628 g/mol. The largest absolute Gasteiger partial charge is 0.308 e. The Morgan fingerprint density at radius 1 is 0.780 bits per heavy atom. The maximum absolute atomic E-state index is 13.1. The lowest BCUT2D eigenvalue weighted by Gasteiger charge is -2.50. The minimum absolute atomic E-state index is 0.0142. The molecule has 10 nitrogen and oxygen atoms in total. The van der Waals surface area contributed by atoms with E-state index >= 15 is 0 Å². The van der Waals surface area contributed by atoms with Crippen LogP contribution in [0.3, 0.4) is 0 Å². The van der Waals surface area contributed by atoms with Crippen molar-refractivity contribution >= 4 is 11.6 Å². The SMILES string of the molecule is [C-]#[N+]C1=C[C@]2(C)c3nc(-c4ccccc4)n(C)c(=O)c3CC[C@H]2[C@H](C)C1=O.[C-]#[N+]C1=C[C@]2(C)c3nc(C)n(C)c(=O)c3CC[C@H]2C(C)(C)C1=O. The van der Waals surface area contributed by atoms with Gasteiger partial charge in [0.05, 0.1) is 24.5 Å². The standard InChI is InChI=1S/C22H21N3O2.C18H21N3O2/c1-13-16-11-10-15-19(22(16,2)12-17(23-3)18(13)26)24-20(25(4)21(15)27)14-8-6-5-7-9-14;1-10-20-14-11(16(23)21(10)6)7-8-13-17(2,3)15(22)12(19-5)9-18(13,14)4/h5-9,12-13,16H,10-11H2,1-2,4H3;9,13H,7-8H2,1-4,6H3/t13-,16-,22-;13-,18-/m00/s1. The van der Waals surface area contributed by atoms with E-state index in [-0.39, 0.29) is 51.8 Å². The van der Waals surface area contributed by atoms with Gasteiger partial charge in [-0.2, -0.15) is 0 Å². The Bertz CT molecular complexity index is 2250. The second-order valence-corrected chi connectivity index (χ2v) is 15.1. The molecule has 0 saturated heterocycles. The molecule has 3 aromatic rings. The van der Waals surface area contributed by atoms with Gasteiger partial charge >= 0.3 is 0 Å². The third-order valence-electron chi connectivity index (χ3n) is 12.0. The minimum atomic E-state index is -0.627. The molecule has 0 unspecified atom stereocenters. The quantitative estimate of drug-likeness (QED) is 0.311. The van der Waals surface area contributed by atoms with Crippen molar-refractivity contribution in [3.63, 3.8) is 0 Å². The van der Waals surface area contributed by atoms with Crippen LogP contribution in [0.2, 0.25) is 0 Å². The van der Waals surface area contributed by atoms with Gasteiger partial charge in [-0.15, -0.1) is 0 Å². The lowest BCUT2D eigenvalue weighted by atomic mass is 9.53. The first kappa shape index (κ1) is 34.6. The van der Waals surface area contributed by atoms with Crippen LogP contribution in [0.4, 0.5) is 0 Å². The van der Waals surface area contributed by atoms with Crippen molar-refractivity contribution in [2.75, 3.05) is 0 Å². The average molecular weight is 671 g/mol. The third kappa shape index (κ3) is 4.95. The Morgan fingerprint density at radius 3 is 1.96 bits per heavy atom. The van der Waals surface area contributed by atoms with Gasteiger partial charge in [0.1, 0.15) is 11.6 Å². The summed E-state index contributed by atoms with van der Waals surface area (Å²) in [5.74, 6) is 0.919. The first-order valence-corrected chi connectivity index (χ1v) is 17.0. The van der Waals surface area contributed by atoms with E-state index < -0.39 is 16.2 Å². The van der Waals surface area contributed by atoms with Crippen LogP contribution in [-0.4, -0.2) is 30.7 Å². The molecule has 0 aliphatic heterocycles. The predicted molar refractivity (Wildman–Crippen MR) is 190 cm³/mol. The molecule has 2 heterocycles. The molecule has 0 bridgehead atoms. The maximum atomic E-state index is 13.1. The molecule has 4 aliphatic rings. The van der Waals surface area contributed by atoms with Crippen molar-refractivity contribution in [1.82, 2.24) is 19.1 Å². The van der Waals surface area contributed by atoms with E-state index in [1.54, 1.807) is 35.4 Å². The van der Waals surface area contributed by atoms with Gasteiger partial charge < -0.3 is 9.59 Å². The molecule has 2 aromatic heterocycles. The van der Waals surface area contributed by atoms with Crippen molar-refractivity contribution in [1.29, 1.82) is 0 Å². The fourth-order valence-corrected chi connectivity index (χ4v) is 9.12. The van der Waals surface area contributed by atoms with E-state index in [1.165, 1.54) is 0 Å². The zero-order valence-electron chi connectivity index (χ0n) is 29.9. The Morgan fingerprint density at radius 2 is 1.34 bits per heavy atom. The first-order chi connectivity index (χ1) is 23.5. The fourth-order valence-electron chi connectivity index (χ4n) is 9.12. The van der Waals surface area contributed by atoms with Crippen molar-refractivity contribution in [2.24, 2.45) is 37.3 Å². The molecule has 5 atom stereocenters. The summed E-state index contributed by atoms with van der Waals surface area (Å²) in [7, 11) is 3.48. The van der Waals surface area contributed by atoms with Gasteiger partial charge in [0.15, 0.2) is 11.6 Å². The molecular formula is C40H42N6O4. The summed E-state index contributed by atoms with van der Waals surface area (Å²) in [6.45, 7) is 26.3. The highest BCUT2D eigenvalue weighted by Gasteiger charge is 2.55. The van der Waals surface area contributed by atoms with Crippen molar-refractivity contribution in [3.8, 4) is 11.4 Å². The van der Waals surface area contributed by atoms with Gasteiger partial charge in [-0.05, 0) is 44.4 Å². The lowest BCUT2D eigenvalue weighted by Crippen LogP contribution is -2.52. The van der Waals surface area contributed by atoms with Crippen molar-refractivity contribution < 1.29 is 9.59 Å². The van der Waals surface area contributed by atoms with E-state index in [2.05, 4.69) is 9.69 Å². The Kier molecular flexibility index (Phi) is 8.30. The smallest absolute Gasteiger partial charge is 0.256 e. The van der Waals surface area contributed by atoms with E-state index in [0.29, 0.717) is 30.1 Å². The number of aromatic nitrogens is 4. The average Bonchev–Trinajstić information content (AvgIpc) is 3.09. The molecule has 7 rings (SSSR count). The molecule has 0 saturated carbocycles. The zero-order valence-corrected chi connectivity index (χ0v) is 29.9. The fraction of sp³-hybridized carbons (Fsp3) is 0.450. The molecule has 256 valence electrons. The highest BCUT2D eigenvalue weighted by molar-refractivity contribution is 6.02. The summed E-state index contributed by atoms with van der Waals surface area (Å²) in [5.41, 5.74) is 2.29. The van der Waals surface area contributed by atoms with Crippen LogP contribution < -0.4 is 11.1 Å². The number of rotatable bonds is 1. The number of hydrogen-bond acceptors (Lipinski definition) is 6. The van der Waals surface area contributed by atoms with Gasteiger partial charge in [0, 0.05) is 52.9 Å². The number of ketones is 2. The van der Waals surface area contributed by atoms with E-state index in [1.807, 2.05) is 71.9 Å². The highest BCUT2D eigenvalue weighted by Crippen LogP contribution is 2.54. The van der Waals surface area contributed by atoms with Gasteiger partial charge in [-0.1, -0.05) is 77.1 Å². The third-order valence-corrected chi connectivity index (χ3v) is 12.0. The van der Waals surface area contributed by atoms with Crippen molar-refractivity contribution in [2.45, 2.75) is 78.1 Å². The van der Waals surface area contributed by atoms with E-state index in [4.69, 9.17) is 23.1 Å². The van der Waals surface area contributed by atoms with Gasteiger partial charge in [-0.3, -0.25) is 18.7 Å². The number of carbonyl (C=O) groups excluding carboxylic acids is 2. The highest BCUT2D eigenvalue weighted by atomic mass is 16.1. The number of Topliss-reactive ketones (excluding diaryl/α,β-unsaturated/α-hetero) is 2. The number of fused-ring (bicyclic) bond motifs is 6. The lowest BCUT2D eigenvalue weighted by molar-refractivity contribution is -0.128. The molecule has 0 N–H and O–H groups in total. The van der Waals surface area contributed by atoms with Crippen LogP contribution in [0.25, 0.3) is 21.1 Å². The summed E-state index contributed by atoms with van der Waals surface area (Å²) >= 11 is 0. The number of allylic oxidation sites excluding steroid dienone is 4. The van der Waals surface area contributed by atoms with E-state index in [0.717, 1.165) is 35.4 Å². The predicted octanol–water partition coefficient (Wildman–Crippen LogP) is 5.61. The number of hydrogen-bond donors (Lipinski definition) is 0. The number of benzene rings is 1. The van der Waals surface area contributed by atoms with Crippen LogP contribution in [0.1, 0.15) is 75.8 Å². The topological polar surface area (TPSA) is 113 Å². The van der Waals surface area contributed by atoms with Gasteiger partial charge in [0.25, 0.3) is 11.1 Å². The summed E-state index contributed by atoms with van der Waals surface area (Å²) in [4.78, 5) is 67.3. The van der Waals surface area contributed by atoms with Gasteiger partial charge in [0.2, 0.25) is 11.4 Å². The van der Waals surface area contributed by atoms with Gasteiger partial charge in [-0.25, -0.2) is 19.7 Å². The maximum Gasteiger partial charge on any atom is 0.256 e. The normalized spacial score (nSPS) is 27.4. The van der Waals surface area contributed by atoms with E-state index in [9.17, 15) is 19.2 Å².